The smallest absolute Gasteiger partial charge is 0.411 e. The Kier molecular flexibility index (Phi) is 3.98. The van der Waals surface area contributed by atoms with Crippen LogP contribution >= 0.6 is 0 Å². The molecule has 1 rings (SSSR count). The molecule has 0 aliphatic carbocycles. The molecule has 0 radical (unpaired) electrons. The number of carbonyl (C=O) groups excluding carboxylic acids is 2. The summed E-state index contributed by atoms with van der Waals surface area (Å²) in [4.78, 5) is 24.1. The molecule has 0 bridgehead atoms. The first-order valence-electron chi connectivity index (χ1n) is 5.90. The van der Waals surface area contributed by atoms with Gasteiger partial charge in [0, 0.05) is 6.42 Å². The van der Waals surface area contributed by atoms with Gasteiger partial charge in [-0.3, -0.25) is 9.69 Å². The number of ether oxygens (including phenoxy) is 1. The van der Waals surface area contributed by atoms with E-state index in [1.807, 2.05) is 0 Å². The van der Waals surface area contributed by atoms with Crippen LogP contribution in [0.1, 0.15) is 40.5 Å². The lowest BCUT2D eigenvalue weighted by Crippen LogP contribution is -2.55. The predicted molar refractivity (Wildman–Crippen MR) is 61.6 cm³/mol. The van der Waals surface area contributed by atoms with E-state index in [4.69, 9.17) is 4.74 Å². The third-order valence-corrected chi connectivity index (χ3v) is 2.66. The van der Waals surface area contributed by atoms with Crippen molar-refractivity contribution in [3.63, 3.8) is 0 Å². The van der Waals surface area contributed by atoms with Gasteiger partial charge in [-0.05, 0) is 34.1 Å². The standard InChI is InChI=1S/C12H19F2NO3/c1-8(16)9-5-6-12(13,14)7-15(9)10(17)18-11(2,3)4/h9H,5-7H2,1-4H3. The molecule has 1 heterocycles. The van der Waals surface area contributed by atoms with Gasteiger partial charge < -0.3 is 4.74 Å². The molecule has 1 saturated heterocycles. The number of Topliss-reactive ketones (excluding diaryl/α,β-unsaturated/α-hetero) is 1. The Morgan fingerprint density at radius 1 is 1.33 bits per heavy atom. The number of ketones is 1. The van der Waals surface area contributed by atoms with Gasteiger partial charge in [-0.25, -0.2) is 13.6 Å². The van der Waals surface area contributed by atoms with E-state index in [2.05, 4.69) is 0 Å². The van der Waals surface area contributed by atoms with Crippen LogP contribution in [0.5, 0.6) is 0 Å². The number of piperidine rings is 1. The zero-order valence-electron chi connectivity index (χ0n) is 11.1. The molecule has 104 valence electrons. The molecule has 0 spiro atoms. The van der Waals surface area contributed by atoms with Gasteiger partial charge in [0.2, 0.25) is 0 Å². The van der Waals surface area contributed by atoms with Gasteiger partial charge >= 0.3 is 6.09 Å². The van der Waals surface area contributed by atoms with Gasteiger partial charge in [0.15, 0.2) is 5.78 Å². The van der Waals surface area contributed by atoms with Crippen LogP contribution < -0.4 is 0 Å². The van der Waals surface area contributed by atoms with Crippen LogP contribution in [0.3, 0.4) is 0 Å². The van der Waals surface area contributed by atoms with Gasteiger partial charge in [-0.15, -0.1) is 0 Å². The molecule has 1 aliphatic heterocycles. The molecule has 0 saturated carbocycles. The van der Waals surface area contributed by atoms with Crippen molar-refractivity contribution in [1.82, 2.24) is 4.90 Å². The van der Waals surface area contributed by atoms with E-state index < -0.39 is 30.2 Å². The van der Waals surface area contributed by atoms with Crippen LogP contribution in [-0.2, 0) is 9.53 Å². The second-order valence-corrected chi connectivity index (χ2v) is 5.63. The molecule has 18 heavy (non-hydrogen) atoms. The third-order valence-electron chi connectivity index (χ3n) is 2.66. The molecule has 1 fully saturated rings. The van der Waals surface area contributed by atoms with Gasteiger partial charge in [0.1, 0.15) is 5.60 Å². The van der Waals surface area contributed by atoms with E-state index in [1.165, 1.54) is 6.92 Å². The largest absolute Gasteiger partial charge is 0.444 e. The van der Waals surface area contributed by atoms with Crippen LogP contribution in [0.15, 0.2) is 0 Å². The maximum absolute atomic E-state index is 13.3. The Hall–Kier alpha value is -1.20. The highest BCUT2D eigenvalue weighted by molar-refractivity contribution is 5.85. The summed E-state index contributed by atoms with van der Waals surface area (Å²) in [6.07, 6.45) is -1.26. The molecule has 4 nitrogen and oxygen atoms in total. The van der Waals surface area contributed by atoms with E-state index in [0.29, 0.717) is 0 Å². The van der Waals surface area contributed by atoms with Crippen LogP contribution in [0.2, 0.25) is 0 Å². The highest BCUT2D eigenvalue weighted by Crippen LogP contribution is 2.31. The lowest BCUT2D eigenvalue weighted by molar-refractivity contribution is -0.131. The highest BCUT2D eigenvalue weighted by atomic mass is 19.3. The number of rotatable bonds is 1. The summed E-state index contributed by atoms with van der Waals surface area (Å²) in [6, 6.07) is -0.806. The summed E-state index contributed by atoms with van der Waals surface area (Å²) in [7, 11) is 0. The summed E-state index contributed by atoms with van der Waals surface area (Å²) in [5.74, 6) is -3.25. The number of amides is 1. The quantitative estimate of drug-likeness (QED) is 0.730. The predicted octanol–water partition coefficient (Wildman–Crippen LogP) is 2.61. The average molecular weight is 263 g/mol. The normalized spacial score (nSPS) is 23.7. The van der Waals surface area contributed by atoms with Crippen LogP contribution in [-0.4, -0.2) is 40.9 Å². The maximum atomic E-state index is 13.3. The number of hydrogen-bond acceptors (Lipinski definition) is 3. The molecule has 0 N–H and O–H groups in total. The highest BCUT2D eigenvalue weighted by Gasteiger charge is 2.44. The van der Waals surface area contributed by atoms with Crippen molar-refractivity contribution in [2.45, 2.75) is 58.1 Å². The van der Waals surface area contributed by atoms with E-state index in [9.17, 15) is 18.4 Å². The zero-order valence-corrected chi connectivity index (χ0v) is 11.1. The minimum atomic E-state index is -2.96. The van der Waals surface area contributed by atoms with Crippen LogP contribution in [0.4, 0.5) is 13.6 Å². The molecule has 1 amide bonds. The number of alkyl halides is 2. The summed E-state index contributed by atoms with van der Waals surface area (Å²) in [5.41, 5.74) is -0.773. The van der Waals surface area contributed by atoms with E-state index in [-0.39, 0.29) is 18.6 Å². The van der Waals surface area contributed by atoms with Gasteiger partial charge in [-0.1, -0.05) is 0 Å². The fourth-order valence-corrected chi connectivity index (χ4v) is 1.88. The van der Waals surface area contributed by atoms with Crippen molar-refractivity contribution in [2.24, 2.45) is 0 Å². The Morgan fingerprint density at radius 3 is 2.33 bits per heavy atom. The molecule has 0 aromatic rings. The molecule has 1 aliphatic rings. The molecular formula is C12H19F2NO3. The van der Waals surface area contributed by atoms with Crippen molar-refractivity contribution in [3.05, 3.63) is 0 Å². The SMILES string of the molecule is CC(=O)C1CCC(F)(F)CN1C(=O)OC(C)(C)C. The molecule has 6 heteroatoms. The molecule has 1 atom stereocenters. The van der Waals surface area contributed by atoms with Crippen LogP contribution in [0.25, 0.3) is 0 Å². The average Bonchev–Trinajstić information content (AvgIpc) is 2.12. The van der Waals surface area contributed by atoms with Crippen molar-refractivity contribution >= 4 is 11.9 Å². The summed E-state index contributed by atoms with van der Waals surface area (Å²) < 4.78 is 31.7. The maximum Gasteiger partial charge on any atom is 0.411 e. The molecule has 0 aromatic heterocycles. The lowest BCUT2D eigenvalue weighted by Gasteiger charge is -2.38. The zero-order chi connectivity index (χ0) is 14.1. The topological polar surface area (TPSA) is 46.6 Å². The lowest BCUT2D eigenvalue weighted by atomic mass is 9.97. The minimum Gasteiger partial charge on any atom is -0.444 e. The number of hydrogen-bond donors (Lipinski definition) is 0. The minimum absolute atomic E-state index is 0.0262. The summed E-state index contributed by atoms with van der Waals surface area (Å²) in [5, 5.41) is 0. The summed E-state index contributed by atoms with van der Waals surface area (Å²) >= 11 is 0. The van der Waals surface area contributed by atoms with E-state index >= 15 is 0 Å². The first-order valence-corrected chi connectivity index (χ1v) is 5.90. The van der Waals surface area contributed by atoms with Crippen molar-refractivity contribution in [2.75, 3.05) is 6.54 Å². The van der Waals surface area contributed by atoms with Gasteiger partial charge in [-0.2, -0.15) is 0 Å². The molecule has 1 unspecified atom stereocenters. The summed E-state index contributed by atoms with van der Waals surface area (Å²) in [6.45, 7) is 5.49. The third kappa shape index (κ3) is 3.92. The fraction of sp³-hybridized carbons (Fsp3) is 0.833. The second kappa shape index (κ2) is 4.82. The first-order chi connectivity index (χ1) is 8.02. The molecule has 0 aromatic carbocycles. The number of nitrogens with zero attached hydrogens (tertiary/aromatic N) is 1. The Labute approximate surface area is 105 Å². The van der Waals surface area contributed by atoms with E-state index in [1.54, 1.807) is 20.8 Å². The Morgan fingerprint density at radius 2 is 1.89 bits per heavy atom. The molecular weight excluding hydrogens is 244 g/mol. The Balaban J connectivity index is 2.85. The number of likely N-dealkylation sites (tertiary alicyclic amines) is 1. The van der Waals surface area contributed by atoms with Crippen molar-refractivity contribution < 1.29 is 23.1 Å². The van der Waals surface area contributed by atoms with Crippen molar-refractivity contribution in [1.29, 1.82) is 0 Å². The van der Waals surface area contributed by atoms with E-state index in [0.717, 1.165) is 4.90 Å². The second-order valence-electron chi connectivity index (χ2n) is 5.63. The van der Waals surface area contributed by atoms with Crippen molar-refractivity contribution in [3.8, 4) is 0 Å². The number of halogens is 2. The first kappa shape index (κ1) is 14.9. The number of carbonyl (C=O) groups is 2. The van der Waals surface area contributed by atoms with Gasteiger partial charge in [0.25, 0.3) is 5.92 Å². The fourth-order valence-electron chi connectivity index (χ4n) is 1.88. The monoisotopic (exact) mass is 263 g/mol. The van der Waals surface area contributed by atoms with Gasteiger partial charge in [0.05, 0.1) is 12.6 Å². The Bertz CT molecular complexity index is 350. The van der Waals surface area contributed by atoms with Crippen LogP contribution in [0, 0.1) is 0 Å².